The molecule has 2 amide bonds. The number of nitrogens with one attached hydrogen (secondary N) is 1. The third-order valence-electron chi connectivity index (χ3n) is 0.491. The molecule has 6 heteroatoms. The zero-order valence-electron chi connectivity index (χ0n) is 4.86. The summed E-state index contributed by atoms with van der Waals surface area (Å²) in [6.07, 6.45) is -2.34. The third kappa shape index (κ3) is 4.57. The van der Waals surface area contributed by atoms with E-state index in [0.29, 0.717) is 6.29 Å². The van der Waals surface area contributed by atoms with Crippen molar-refractivity contribution in [2.45, 2.75) is 0 Å². The van der Waals surface area contributed by atoms with Gasteiger partial charge in [-0.05, 0) is 0 Å². The maximum atomic E-state index is 10.1. The molecule has 6 nitrogen and oxygen atoms in total. The van der Waals surface area contributed by atoms with Gasteiger partial charge in [0.2, 0.25) is 0 Å². The van der Waals surface area contributed by atoms with Crippen molar-refractivity contribution >= 4 is 18.5 Å². The van der Waals surface area contributed by atoms with Crippen molar-refractivity contribution in [3.63, 3.8) is 0 Å². The van der Waals surface area contributed by atoms with Gasteiger partial charge in [-0.3, -0.25) is 4.79 Å². The predicted octanol–water partition coefficient (Wildman–Crippen LogP) is -0.411. The molecule has 0 spiro atoms. The number of rotatable bonds is 2. The van der Waals surface area contributed by atoms with Gasteiger partial charge in [-0.1, -0.05) is 0 Å². The van der Waals surface area contributed by atoms with E-state index in [2.05, 4.69) is 4.74 Å². The van der Waals surface area contributed by atoms with Gasteiger partial charge in [0.25, 0.3) is 0 Å². The fourth-order valence-electron chi connectivity index (χ4n) is 0.233. The molecule has 10 heavy (non-hydrogen) atoms. The first-order valence-corrected chi connectivity index (χ1v) is 2.27. The monoisotopic (exact) mass is 147 g/mol. The van der Waals surface area contributed by atoms with Gasteiger partial charge >= 0.3 is 12.2 Å². The zero-order valence-corrected chi connectivity index (χ0v) is 4.86. The molecule has 0 aromatic rings. The number of carbonyl (C=O) groups is 3. The highest BCUT2D eigenvalue weighted by Crippen LogP contribution is 1.73. The lowest BCUT2D eigenvalue weighted by Gasteiger charge is -1.96. The fourth-order valence-corrected chi connectivity index (χ4v) is 0.233. The number of carboxylic acid groups (broad SMARTS) is 1. The molecule has 0 aliphatic rings. The number of ether oxygens (including phenoxy) is 1. The summed E-state index contributed by atoms with van der Waals surface area (Å²) in [5, 5.41) is 9.26. The number of aldehydes is 1. The minimum Gasteiger partial charge on any atom is -0.465 e. The fraction of sp³-hybridized carbons (Fsp3) is 0.250. The molecule has 0 aliphatic heterocycles. The Balaban J connectivity index is 3.43. The van der Waals surface area contributed by atoms with Crippen LogP contribution in [0.2, 0.25) is 0 Å². The highest BCUT2D eigenvalue weighted by atomic mass is 16.6. The van der Waals surface area contributed by atoms with Crippen LogP contribution in [0.3, 0.4) is 0 Å². The molecule has 0 saturated heterocycles. The van der Waals surface area contributed by atoms with Gasteiger partial charge in [0.1, 0.15) is 6.61 Å². The smallest absolute Gasteiger partial charge is 0.417 e. The Labute approximate surface area is 55.8 Å². The lowest BCUT2D eigenvalue weighted by molar-refractivity contribution is -0.110. The summed E-state index contributed by atoms with van der Waals surface area (Å²) in [5.41, 5.74) is 0. The van der Waals surface area contributed by atoms with Crippen molar-refractivity contribution in [3.05, 3.63) is 0 Å². The summed E-state index contributed by atoms with van der Waals surface area (Å²) < 4.78 is 4.00. The van der Waals surface area contributed by atoms with E-state index in [1.807, 2.05) is 0 Å². The summed E-state index contributed by atoms with van der Waals surface area (Å²) in [5.74, 6) is 0. The maximum Gasteiger partial charge on any atom is 0.417 e. The quantitative estimate of drug-likeness (QED) is 0.518. The molecule has 2 N–H and O–H groups in total. The molecule has 56 valence electrons. The molecular weight excluding hydrogens is 142 g/mol. The summed E-state index contributed by atoms with van der Waals surface area (Å²) in [6.45, 7) is -0.445. The van der Waals surface area contributed by atoms with Crippen LogP contribution in [0.15, 0.2) is 0 Å². The Morgan fingerprint density at radius 2 is 2.20 bits per heavy atom. The van der Waals surface area contributed by atoms with Gasteiger partial charge in [-0.15, -0.1) is 0 Å². The first-order chi connectivity index (χ1) is 4.66. The van der Waals surface area contributed by atoms with E-state index in [0.717, 1.165) is 0 Å². The van der Waals surface area contributed by atoms with Crippen LogP contribution < -0.4 is 5.32 Å². The standard InChI is InChI=1S/C4H5NO5/c6-1-2-10-4(9)5-3(7)8/h1H,2H2,(H,5,9)(H,7,8). The molecule has 0 rings (SSSR count). The molecule has 0 unspecified atom stereocenters. The maximum absolute atomic E-state index is 10.1. The second-order valence-electron chi connectivity index (χ2n) is 1.20. The van der Waals surface area contributed by atoms with Crippen LogP contribution in [-0.2, 0) is 9.53 Å². The highest BCUT2D eigenvalue weighted by Gasteiger charge is 2.03. The van der Waals surface area contributed by atoms with Crippen molar-refractivity contribution in [1.29, 1.82) is 0 Å². The largest absolute Gasteiger partial charge is 0.465 e. The molecule has 0 saturated carbocycles. The molecule has 0 aromatic heterocycles. The molecule has 0 aliphatic carbocycles. The number of carbonyl (C=O) groups excluding carboxylic acids is 2. The summed E-state index contributed by atoms with van der Waals surface area (Å²) in [4.78, 5) is 29.4. The molecular formula is C4H5NO5. The van der Waals surface area contributed by atoms with Gasteiger partial charge in [-0.2, -0.15) is 0 Å². The Kier molecular flexibility index (Phi) is 3.62. The summed E-state index contributed by atoms with van der Waals surface area (Å²) in [7, 11) is 0. The zero-order chi connectivity index (χ0) is 7.98. The second kappa shape index (κ2) is 4.30. The lowest BCUT2D eigenvalue weighted by Crippen LogP contribution is -2.29. The Morgan fingerprint density at radius 3 is 2.60 bits per heavy atom. The predicted molar refractivity (Wildman–Crippen MR) is 28.6 cm³/mol. The number of amides is 2. The van der Waals surface area contributed by atoms with E-state index < -0.39 is 18.8 Å². The van der Waals surface area contributed by atoms with Crippen LogP contribution >= 0.6 is 0 Å². The first kappa shape index (κ1) is 8.41. The minimum atomic E-state index is -1.52. The van der Waals surface area contributed by atoms with Crippen molar-refractivity contribution in [1.82, 2.24) is 5.32 Å². The van der Waals surface area contributed by atoms with Crippen molar-refractivity contribution in [2.24, 2.45) is 0 Å². The van der Waals surface area contributed by atoms with Crippen LogP contribution in [0.1, 0.15) is 0 Å². The molecule has 0 fully saturated rings. The Bertz CT molecular complexity index is 154. The van der Waals surface area contributed by atoms with Crippen LogP contribution in [0, 0.1) is 0 Å². The van der Waals surface area contributed by atoms with Crippen LogP contribution in [0.25, 0.3) is 0 Å². The van der Waals surface area contributed by atoms with Gasteiger partial charge in [-0.25, -0.2) is 14.9 Å². The van der Waals surface area contributed by atoms with Crippen LogP contribution in [0.5, 0.6) is 0 Å². The van der Waals surface area contributed by atoms with E-state index in [4.69, 9.17) is 5.11 Å². The average Bonchev–Trinajstić information content (AvgIpc) is 1.82. The summed E-state index contributed by atoms with van der Waals surface area (Å²) in [6, 6.07) is 0. The SMILES string of the molecule is O=CCOC(=O)NC(=O)O. The molecule has 0 atom stereocenters. The molecule has 0 bridgehead atoms. The van der Waals surface area contributed by atoms with Crippen LogP contribution in [0.4, 0.5) is 9.59 Å². The first-order valence-electron chi connectivity index (χ1n) is 2.27. The van der Waals surface area contributed by atoms with E-state index in [9.17, 15) is 14.4 Å². The van der Waals surface area contributed by atoms with E-state index in [1.165, 1.54) is 5.32 Å². The van der Waals surface area contributed by atoms with E-state index in [-0.39, 0.29) is 0 Å². The Morgan fingerprint density at radius 1 is 1.60 bits per heavy atom. The Hall–Kier alpha value is -1.59. The molecule has 0 heterocycles. The van der Waals surface area contributed by atoms with E-state index >= 15 is 0 Å². The van der Waals surface area contributed by atoms with Gasteiger partial charge < -0.3 is 9.84 Å². The number of imide groups is 1. The van der Waals surface area contributed by atoms with Crippen molar-refractivity contribution in [3.8, 4) is 0 Å². The van der Waals surface area contributed by atoms with Gasteiger partial charge in [0.05, 0.1) is 0 Å². The van der Waals surface area contributed by atoms with E-state index in [1.54, 1.807) is 0 Å². The number of hydrogen-bond donors (Lipinski definition) is 2. The van der Waals surface area contributed by atoms with Crippen LogP contribution in [-0.4, -0.2) is 30.2 Å². The molecule has 0 aromatic carbocycles. The topological polar surface area (TPSA) is 92.7 Å². The minimum absolute atomic E-state index is 0.335. The highest BCUT2D eigenvalue weighted by molar-refractivity contribution is 5.86. The lowest BCUT2D eigenvalue weighted by atomic mass is 10.8. The second-order valence-corrected chi connectivity index (χ2v) is 1.20. The summed E-state index contributed by atoms with van der Waals surface area (Å²) >= 11 is 0. The van der Waals surface area contributed by atoms with Crippen molar-refractivity contribution < 1.29 is 24.2 Å². The van der Waals surface area contributed by atoms with Gasteiger partial charge in [0.15, 0.2) is 6.29 Å². The number of alkyl carbamates (subject to hydrolysis) is 1. The van der Waals surface area contributed by atoms with Gasteiger partial charge in [0, 0.05) is 0 Å². The molecule has 0 radical (unpaired) electrons. The number of hydrogen-bond acceptors (Lipinski definition) is 4. The third-order valence-corrected chi connectivity index (χ3v) is 0.491. The van der Waals surface area contributed by atoms with Crippen molar-refractivity contribution in [2.75, 3.05) is 6.61 Å². The average molecular weight is 147 g/mol. The normalized spacial score (nSPS) is 8.00.